The van der Waals surface area contributed by atoms with Crippen molar-refractivity contribution >= 4 is 15.7 Å². The summed E-state index contributed by atoms with van der Waals surface area (Å²) in [5.41, 5.74) is -0.424. The number of hydrogen-bond donors (Lipinski definition) is 1. The number of nitrogens with zero attached hydrogens (tertiary/aromatic N) is 3. The molecule has 0 amide bonds. The number of hydrogen-bond acceptors (Lipinski definition) is 4. The zero-order valence-electron chi connectivity index (χ0n) is 15.9. The zero-order valence-corrected chi connectivity index (χ0v) is 16.7. The molecule has 1 aromatic heterocycles. The molecule has 0 radical (unpaired) electrons. The molecular weight excluding hydrogens is 417 g/mol. The molecule has 6 nitrogen and oxygen atoms in total. The number of alkyl halides is 3. The molecule has 1 aliphatic heterocycles. The zero-order chi connectivity index (χ0) is 21.4. The van der Waals surface area contributed by atoms with Crippen LogP contribution in [-0.2, 0) is 29.2 Å². The number of fused-ring (bicyclic) bond motifs is 1. The van der Waals surface area contributed by atoms with Gasteiger partial charge in [-0.05, 0) is 37.1 Å². The molecule has 158 valence electrons. The Kier molecular flexibility index (Phi) is 5.27. The Morgan fingerprint density at radius 3 is 2.57 bits per heavy atom. The Balaban J connectivity index is 1.67. The van der Waals surface area contributed by atoms with Gasteiger partial charge in [0, 0.05) is 24.2 Å². The van der Waals surface area contributed by atoms with Crippen molar-refractivity contribution in [2.45, 2.75) is 43.3 Å². The third-order valence-electron chi connectivity index (χ3n) is 4.96. The molecule has 0 aliphatic carbocycles. The standard InChI is InChI=1S/C20H19F3N4O2S/c21-20(22,23)16-9-3-4-10-17(16)30(28,29)26-15-8-6-7-14(13-15)19-25-24-18-11-2-1-5-12-27(18)19/h3-4,6-10,13,26H,1-2,5,11-12H2. The maximum absolute atomic E-state index is 13.3. The lowest BCUT2D eigenvalue weighted by atomic mass is 10.2. The van der Waals surface area contributed by atoms with Crippen LogP contribution in [0.15, 0.2) is 53.4 Å². The number of aryl methyl sites for hydroxylation is 1. The highest BCUT2D eigenvalue weighted by atomic mass is 32.2. The van der Waals surface area contributed by atoms with Gasteiger partial charge in [0.1, 0.15) is 5.82 Å². The molecule has 1 N–H and O–H groups in total. The molecular formula is C20H19F3N4O2S. The number of benzene rings is 2. The lowest BCUT2D eigenvalue weighted by molar-refractivity contribution is -0.139. The van der Waals surface area contributed by atoms with E-state index in [2.05, 4.69) is 14.9 Å². The number of anilines is 1. The summed E-state index contributed by atoms with van der Waals surface area (Å²) in [6.07, 6.45) is -0.823. The molecule has 0 spiro atoms. The van der Waals surface area contributed by atoms with Crippen molar-refractivity contribution in [1.82, 2.24) is 14.8 Å². The van der Waals surface area contributed by atoms with Crippen LogP contribution in [0.1, 0.15) is 30.7 Å². The molecule has 0 bridgehead atoms. The predicted molar refractivity (Wildman–Crippen MR) is 105 cm³/mol. The van der Waals surface area contributed by atoms with Gasteiger partial charge in [-0.3, -0.25) is 4.72 Å². The number of rotatable bonds is 4. The van der Waals surface area contributed by atoms with Crippen LogP contribution in [-0.4, -0.2) is 23.2 Å². The summed E-state index contributed by atoms with van der Waals surface area (Å²) in [6.45, 7) is 0.770. The molecule has 0 saturated carbocycles. The largest absolute Gasteiger partial charge is 0.417 e. The Morgan fingerprint density at radius 1 is 0.967 bits per heavy atom. The topological polar surface area (TPSA) is 76.9 Å². The highest BCUT2D eigenvalue weighted by Gasteiger charge is 2.37. The van der Waals surface area contributed by atoms with Gasteiger partial charge in [0.15, 0.2) is 5.82 Å². The van der Waals surface area contributed by atoms with E-state index >= 15 is 0 Å². The maximum Gasteiger partial charge on any atom is 0.417 e. The fourth-order valence-corrected chi connectivity index (χ4v) is 4.84. The van der Waals surface area contributed by atoms with Gasteiger partial charge in [0.25, 0.3) is 10.0 Å². The molecule has 2 heterocycles. The summed E-state index contributed by atoms with van der Waals surface area (Å²) in [7, 11) is -4.45. The van der Waals surface area contributed by atoms with Crippen LogP contribution >= 0.6 is 0 Å². The van der Waals surface area contributed by atoms with E-state index in [0.29, 0.717) is 11.4 Å². The minimum Gasteiger partial charge on any atom is -0.311 e. The molecule has 3 aromatic rings. The van der Waals surface area contributed by atoms with E-state index in [0.717, 1.165) is 56.3 Å². The fraction of sp³-hybridized carbons (Fsp3) is 0.300. The smallest absolute Gasteiger partial charge is 0.311 e. The summed E-state index contributed by atoms with van der Waals surface area (Å²) in [6, 6.07) is 10.5. The van der Waals surface area contributed by atoms with E-state index in [1.807, 2.05) is 4.57 Å². The summed E-state index contributed by atoms with van der Waals surface area (Å²) in [5.74, 6) is 1.50. The van der Waals surface area contributed by atoms with Crippen molar-refractivity contribution in [2.24, 2.45) is 0 Å². The summed E-state index contributed by atoms with van der Waals surface area (Å²) < 4.78 is 69.4. The van der Waals surface area contributed by atoms with E-state index in [1.165, 1.54) is 12.1 Å². The van der Waals surface area contributed by atoms with Gasteiger partial charge in [-0.1, -0.05) is 30.7 Å². The molecule has 1 aliphatic rings. The first-order valence-electron chi connectivity index (χ1n) is 9.47. The summed E-state index contributed by atoms with van der Waals surface area (Å²) >= 11 is 0. The molecule has 30 heavy (non-hydrogen) atoms. The first-order valence-corrected chi connectivity index (χ1v) is 11.0. The Labute approximate surface area is 171 Å². The Morgan fingerprint density at radius 2 is 1.77 bits per heavy atom. The minimum absolute atomic E-state index is 0.149. The molecule has 10 heteroatoms. The quantitative estimate of drug-likeness (QED) is 0.654. The fourth-order valence-electron chi connectivity index (χ4n) is 3.57. The van der Waals surface area contributed by atoms with Gasteiger partial charge in [0.05, 0.1) is 10.5 Å². The molecule has 2 aromatic carbocycles. The Bertz CT molecular complexity index is 1170. The van der Waals surface area contributed by atoms with Gasteiger partial charge in [-0.2, -0.15) is 13.2 Å². The van der Waals surface area contributed by atoms with E-state index < -0.39 is 26.7 Å². The van der Waals surface area contributed by atoms with Crippen molar-refractivity contribution in [3.8, 4) is 11.4 Å². The average molecular weight is 436 g/mol. The minimum atomic E-state index is -4.79. The van der Waals surface area contributed by atoms with Crippen LogP contribution in [0.4, 0.5) is 18.9 Å². The third kappa shape index (κ3) is 4.04. The monoisotopic (exact) mass is 436 g/mol. The van der Waals surface area contributed by atoms with E-state index in [4.69, 9.17) is 0 Å². The first kappa shape index (κ1) is 20.4. The van der Waals surface area contributed by atoms with Crippen molar-refractivity contribution in [1.29, 1.82) is 0 Å². The second kappa shape index (κ2) is 7.75. The molecule has 0 fully saturated rings. The van der Waals surface area contributed by atoms with Crippen molar-refractivity contribution in [2.75, 3.05) is 4.72 Å². The SMILES string of the molecule is O=S(=O)(Nc1cccc(-c2nnc3n2CCCCC3)c1)c1ccccc1C(F)(F)F. The molecule has 0 saturated heterocycles. The number of nitrogens with one attached hydrogen (secondary N) is 1. The number of sulfonamides is 1. The van der Waals surface area contributed by atoms with Crippen LogP contribution in [0, 0.1) is 0 Å². The van der Waals surface area contributed by atoms with E-state index in [1.54, 1.807) is 18.2 Å². The molecule has 0 unspecified atom stereocenters. The highest BCUT2D eigenvalue weighted by molar-refractivity contribution is 7.92. The second-order valence-corrected chi connectivity index (χ2v) is 8.73. The molecule has 4 rings (SSSR count). The van der Waals surface area contributed by atoms with Crippen LogP contribution in [0.3, 0.4) is 0 Å². The van der Waals surface area contributed by atoms with Crippen LogP contribution in [0.25, 0.3) is 11.4 Å². The lowest BCUT2D eigenvalue weighted by Gasteiger charge is -2.15. The van der Waals surface area contributed by atoms with Gasteiger partial charge < -0.3 is 4.57 Å². The van der Waals surface area contributed by atoms with Crippen LogP contribution < -0.4 is 4.72 Å². The van der Waals surface area contributed by atoms with Gasteiger partial charge >= 0.3 is 6.18 Å². The van der Waals surface area contributed by atoms with Crippen molar-refractivity contribution < 1.29 is 21.6 Å². The van der Waals surface area contributed by atoms with Crippen LogP contribution in [0.2, 0.25) is 0 Å². The van der Waals surface area contributed by atoms with E-state index in [-0.39, 0.29) is 5.69 Å². The normalized spacial score (nSPS) is 14.8. The average Bonchev–Trinajstić information content (AvgIpc) is 2.95. The van der Waals surface area contributed by atoms with Crippen LogP contribution in [0.5, 0.6) is 0 Å². The van der Waals surface area contributed by atoms with Gasteiger partial charge in [-0.25, -0.2) is 8.42 Å². The van der Waals surface area contributed by atoms with Gasteiger partial charge in [0.2, 0.25) is 0 Å². The lowest BCUT2D eigenvalue weighted by Crippen LogP contribution is -2.18. The van der Waals surface area contributed by atoms with Crippen molar-refractivity contribution in [3.63, 3.8) is 0 Å². The van der Waals surface area contributed by atoms with E-state index in [9.17, 15) is 21.6 Å². The van der Waals surface area contributed by atoms with Gasteiger partial charge in [-0.15, -0.1) is 10.2 Å². The number of aromatic nitrogens is 3. The van der Waals surface area contributed by atoms with Crippen molar-refractivity contribution in [3.05, 3.63) is 59.9 Å². The maximum atomic E-state index is 13.3. The Hall–Kier alpha value is -2.88. The third-order valence-corrected chi connectivity index (χ3v) is 6.40. The summed E-state index contributed by atoms with van der Waals surface area (Å²) in [4.78, 5) is -0.820. The molecule has 0 atom stereocenters. The highest BCUT2D eigenvalue weighted by Crippen LogP contribution is 2.35. The first-order chi connectivity index (χ1) is 14.3. The predicted octanol–water partition coefficient (Wildman–Crippen LogP) is 4.49. The second-order valence-electron chi connectivity index (χ2n) is 7.08. The number of halogens is 3. The summed E-state index contributed by atoms with van der Waals surface area (Å²) in [5, 5.41) is 8.47.